The third-order valence-corrected chi connectivity index (χ3v) is 15.1. The Morgan fingerprint density at radius 3 is 2.22 bits per heavy atom. The van der Waals surface area contributed by atoms with E-state index in [-0.39, 0.29) is 39.8 Å². The van der Waals surface area contributed by atoms with E-state index in [0.717, 1.165) is 71.1 Å². The summed E-state index contributed by atoms with van der Waals surface area (Å²) in [5.74, 6) is 1.58. The molecule has 6 heteroatoms. The monoisotopic (exact) mass is 568 g/mol. The summed E-state index contributed by atoms with van der Waals surface area (Å²) in [6, 6.07) is 0. The van der Waals surface area contributed by atoms with E-state index < -0.39 is 11.4 Å². The first-order valence-corrected chi connectivity index (χ1v) is 16.8. The number of allylic oxidation sites excluding steroid dienone is 1. The molecule has 0 aromatic rings. The van der Waals surface area contributed by atoms with E-state index in [1.165, 1.54) is 24.8 Å². The lowest BCUT2D eigenvalue weighted by atomic mass is 9.32. The standard InChI is InChI=1S/C35H56N2O4/c1-22(2)23-10-15-35(29(38)39)17-16-33(6)24(28(23)35)8-9-26-32(5)13-12-27(41-30(40)37-20-18-36-19-21-37)31(3,4)25(32)11-14-34(26,33)7/h23-28,36H,1,8-21H2,2-7H3,(H,38,39)/t23-,24+,25-,26+,27-,28+,32-,33+,34+,35-/m0/s1. The molecule has 2 N–H and O–H groups in total. The number of ether oxygens (including phenoxy) is 1. The number of nitrogens with one attached hydrogen (secondary N) is 1. The molecule has 0 unspecified atom stereocenters. The van der Waals surface area contributed by atoms with Crippen molar-refractivity contribution in [2.45, 2.75) is 112 Å². The summed E-state index contributed by atoms with van der Waals surface area (Å²) in [6.45, 7) is 22.2. The van der Waals surface area contributed by atoms with Crippen molar-refractivity contribution in [3.05, 3.63) is 12.2 Å². The van der Waals surface area contributed by atoms with Crippen molar-refractivity contribution in [2.24, 2.45) is 56.7 Å². The van der Waals surface area contributed by atoms with Gasteiger partial charge in [-0.25, -0.2) is 4.79 Å². The molecular formula is C35H56N2O4. The molecule has 6 aliphatic rings. The van der Waals surface area contributed by atoms with Crippen molar-refractivity contribution >= 4 is 12.1 Å². The molecule has 1 saturated heterocycles. The van der Waals surface area contributed by atoms with E-state index in [1.54, 1.807) is 0 Å². The van der Waals surface area contributed by atoms with Crippen LogP contribution in [0.2, 0.25) is 0 Å². The summed E-state index contributed by atoms with van der Waals surface area (Å²) in [5, 5.41) is 14.0. The van der Waals surface area contributed by atoms with Gasteiger partial charge in [0.05, 0.1) is 5.41 Å². The van der Waals surface area contributed by atoms with Crippen LogP contribution < -0.4 is 5.32 Å². The SMILES string of the molecule is C=C(C)[C@@H]1CC[C@]2(C(=O)O)CC[C@]3(C)[C@H](CC[C@@H]4[C@@]5(C)CC[C@H](OC(=O)N6CCNCC6)C(C)(C)[C@@H]5CC[C@]43C)[C@@H]12. The van der Waals surface area contributed by atoms with Gasteiger partial charge in [0.2, 0.25) is 0 Å². The largest absolute Gasteiger partial charge is 0.481 e. The average Bonchev–Trinajstić information content (AvgIpc) is 3.33. The first-order chi connectivity index (χ1) is 19.2. The minimum atomic E-state index is -0.563. The quantitative estimate of drug-likeness (QED) is 0.354. The van der Waals surface area contributed by atoms with Crippen LogP contribution in [0.15, 0.2) is 12.2 Å². The molecule has 0 spiro atoms. The molecular weight excluding hydrogens is 512 g/mol. The number of carbonyl (C=O) groups excluding carboxylic acids is 1. The van der Waals surface area contributed by atoms with Crippen molar-refractivity contribution in [3.63, 3.8) is 0 Å². The lowest BCUT2D eigenvalue weighted by Gasteiger charge is -2.72. The zero-order valence-electron chi connectivity index (χ0n) is 26.7. The number of aliphatic carboxylic acids is 1. The van der Waals surface area contributed by atoms with Gasteiger partial charge in [0.15, 0.2) is 0 Å². The van der Waals surface area contributed by atoms with Crippen LogP contribution in [0.25, 0.3) is 0 Å². The van der Waals surface area contributed by atoms with Crippen LogP contribution >= 0.6 is 0 Å². The highest BCUT2D eigenvalue weighted by Crippen LogP contribution is 2.77. The third kappa shape index (κ3) is 3.97. The van der Waals surface area contributed by atoms with Crippen molar-refractivity contribution in [3.8, 4) is 0 Å². The van der Waals surface area contributed by atoms with Crippen molar-refractivity contribution in [1.29, 1.82) is 0 Å². The molecule has 1 aliphatic heterocycles. The second kappa shape index (κ2) is 9.72. The smallest absolute Gasteiger partial charge is 0.410 e. The second-order valence-electron chi connectivity index (χ2n) is 16.6. The van der Waals surface area contributed by atoms with E-state index in [4.69, 9.17) is 4.74 Å². The number of piperazine rings is 1. The van der Waals surface area contributed by atoms with Crippen LogP contribution in [-0.4, -0.2) is 54.4 Å². The van der Waals surface area contributed by atoms with Gasteiger partial charge in [0.1, 0.15) is 6.10 Å². The molecule has 10 atom stereocenters. The van der Waals surface area contributed by atoms with Crippen LogP contribution in [-0.2, 0) is 9.53 Å². The Morgan fingerprint density at radius 1 is 0.854 bits per heavy atom. The van der Waals surface area contributed by atoms with E-state index in [1.807, 2.05) is 4.90 Å². The van der Waals surface area contributed by atoms with Gasteiger partial charge in [0, 0.05) is 31.6 Å². The summed E-state index contributed by atoms with van der Waals surface area (Å²) in [5.41, 5.74) is 1.09. The Labute approximate surface area is 248 Å². The number of carboxylic acid groups (broad SMARTS) is 1. The Hall–Kier alpha value is -1.56. The number of hydrogen-bond donors (Lipinski definition) is 2. The van der Waals surface area contributed by atoms with E-state index in [9.17, 15) is 14.7 Å². The third-order valence-electron chi connectivity index (χ3n) is 15.1. The molecule has 0 bridgehead atoms. The maximum Gasteiger partial charge on any atom is 0.410 e. The van der Waals surface area contributed by atoms with Gasteiger partial charge in [-0.1, -0.05) is 46.8 Å². The Bertz CT molecular complexity index is 1100. The van der Waals surface area contributed by atoms with Gasteiger partial charge in [-0.15, -0.1) is 0 Å². The normalized spacial score (nSPS) is 48.7. The molecule has 6 nitrogen and oxygen atoms in total. The van der Waals surface area contributed by atoms with Gasteiger partial charge in [-0.05, 0) is 117 Å². The Balaban J connectivity index is 1.28. The molecule has 0 aromatic heterocycles. The van der Waals surface area contributed by atoms with Crippen LogP contribution in [0.3, 0.4) is 0 Å². The Morgan fingerprint density at radius 2 is 1.56 bits per heavy atom. The highest BCUT2D eigenvalue weighted by Gasteiger charge is 2.72. The first-order valence-electron chi connectivity index (χ1n) is 16.8. The zero-order valence-corrected chi connectivity index (χ0v) is 26.7. The van der Waals surface area contributed by atoms with Gasteiger partial charge >= 0.3 is 12.1 Å². The second-order valence-corrected chi connectivity index (χ2v) is 16.6. The van der Waals surface area contributed by atoms with E-state index in [2.05, 4.69) is 53.4 Å². The number of nitrogens with zero attached hydrogens (tertiary/aromatic N) is 1. The molecule has 0 radical (unpaired) electrons. The minimum absolute atomic E-state index is 0.0417. The number of fused-ring (bicyclic) bond motifs is 7. The molecule has 5 saturated carbocycles. The molecule has 1 heterocycles. The maximum atomic E-state index is 13.1. The summed E-state index contributed by atoms with van der Waals surface area (Å²) in [6.07, 6.45) is 10.2. The minimum Gasteiger partial charge on any atom is -0.481 e. The molecule has 41 heavy (non-hydrogen) atoms. The van der Waals surface area contributed by atoms with Gasteiger partial charge in [-0.2, -0.15) is 0 Å². The van der Waals surface area contributed by atoms with Crippen LogP contribution in [0.1, 0.15) is 106 Å². The summed E-state index contributed by atoms with van der Waals surface area (Å²) in [7, 11) is 0. The predicted octanol–water partition coefficient (Wildman–Crippen LogP) is 7.14. The Kier molecular flexibility index (Phi) is 7.00. The molecule has 230 valence electrons. The van der Waals surface area contributed by atoms with Crippen molar-refractivity contribution < 1.29 is 19.4 Å². The maximum absolute atomic E-state index is 13.1. The fourth-order valence-corrected chi connectivity index (χ4v) is 12.7. The summed E-state index contributed by atoms with van der Waals surface area (Å²) >= 11 is 0. The van der Waals surface area contributed by atoms with E-state index in [0.29, 0.717) is 23.7 Å². The van der Waals surface area contributed by atoms with Gasteiger partial charge < -0.3 is 20.1 Å². The van der Waals surface area contributed by atoms with Gasteiger partial charge in [0.25, 0.3) is 0 Å². The molecule has 1 amide bonds. The van der Waals surface area contributed by atoms with Crippen LogP contribution in [0, 0.1) is 56.7 Å². The number of carbonyl (C=O) groups is 2. The topological polar surface area (TPSA) is 78.9 Å². The van der Waals surface area contributed by atoms with Crippen molar-refractivity contribution in [2.75, 3.05) is 26.2 Å². The predicted molar refractivity (Wildman–Crippen MR) is 161 cm³/mol. The fourth-order valence-electron chi connectivity index (χ4n) is 12.7. The molecule has 6 fully saturated rings. The fraction of sp³-hybridized carbons (Fsp3) is 0.886. The highest BCUT2D eigenvalue weighted by atomic mass is 16.6. The zero-order chi connectivity index (χ0) is 29.6. The first kappa shape index (κ1) is 29.5. The van der Waals surface area contributed by atoms with Crippen LogP contribution in [0.4, 0.5) is 4.79 Å². The van der Waals surface area contributed by atoms with E-state index >= 15 is 0 Å². The summed E-state index contributed by atoms with van der Waals surface area (Å²) < 4.78 is 6.32. The molecule has 5 aliphatic carbocycles. The number of carboxylic acids is 1. The van der Waals surface area contributed by atoms with Gasteiger partial charge in [-0.3, -0.25) is 4.79 Å². The number of rotatable bonds is 3. The lowest BCUT2D eigenvalue weighted by molar-refractivity contribution is -0.248. The molecule has 0 aromatic carbocycles. The lowest BCUT2D eigenvalue weighted by Crippen LogP contribution is -2.67. The number of hydrogen-bond acceptors (Lipinski definition) is 4. The van der Waals surface area contributed by atoms with Crippen molar-refractivity contribution in [1.82, 2.24) is 10.2 Å². The van der Waals surface area contributed by atoms with Crippen LogP contribution in [0.5, 0.6) is 0 Å². The molecule has 6 rings (SSSR count). The average molecular weight is 569 g/mol. The number of amides is 1. The highest BCUT2D eigenvalue weighted by molar-refractivity contribution is 5.76. The summed E-state index contributed by atoms with van der Waals surface area (Å²) in [4.78, 5) is 27.9.